The van der Waals surface area contributed by atoms with Crippen LogP contribution in [0.25, 0.3) is 0 Å². The minimum atomic E-state index is -0.800. The van der Waals surface area contributed by atoms with Gasteiger partial charge in [0.05, 0.1) is 26.2 Å². The lowest BCUT2D eigenvalue weighted by Gasteiger charge is -2.28. The van der Waals surface area contributed by atoms with Gasteiger partial charge in [-0.1, -0.05) is 30.3 Å². The normalized spacial score (nSPS) is 12.6. The van der Waals surface area contributed by atoms with Crippen LogP contribution in [-0.2, 0) is 9.53 Å². The molecule has 1 aromatic rings. The van der Waals surface area contributed by atoms with E-state index in [1.165, 1.54) is 0 Å². The highest BCUT2D eigenvalue weighted by Crippen LogP contribution is 2.19. The van der Waals surface area contributed by atoms with Gasteiger partial charge in [0, 0.05) is 19.1 Å². The summed E-state index contributed by atoms with van der Waals surface area (Å²) in [6, 6.07) is 10.1. The van der Waals surface area contributed by atoms with Gasteiger partial charge in [-0.3, -0.25) is 9.69 Å². The van der Waals surface area contributed by atoms with Crippen LogP contribution >= 0.6 is 0 Å². The Morgan fingerprint density at radius 2 is 1.95 bits per heavy atom. The van der Waals surface area contributed by atoms with Crippen molar-refractivity contribution in [2.24, 2.45) is 0 Å². The molecule has 5 heteroatoms. The molecule has 0 radical (unpaired) electrons. The van der Waals surface area contributed by atoms with E-state index < -0.39 is 5.97 Å². The fourth-order valence-electron chi connectivity index (χ4n) is 2.03. The van der Waals surface area contributed by atoms with Crippen LogP contribution in [0.2, 0.25) is 0 Å². The average Bonchev–Trinajstić information content (AvgIpc) is 2.46. The Morgan fingerprint density at radius 1 is 1.25 bits per heavy atom. The van der Waals surface area contributed by atoms with Crippen LogP contribution < -0.4 is 0 Å². The number of carboxylic acid groups (broad SMARTS) is 1. The maximum atomic E-state index is 10.7. The zero-order valence-corrected chi connectivity index (χ0v) is 11.9. The van der Waals surface area contributed by atoms with Gasteiger partial charge in [-0.05, 0) is 12.5 Å². The van der Waals surface area contributed by atoms with Crippen molar-refractivity contribution in [3.63, 3.8) is 0 Å². The number of hydrogen-bond acceptors (Lipinski definition) is 4. The smallest absolute Gasteiger partial charge is 0.304 e. The lowest BCUT2D eigenvalue weighted by molar-refractivity contribution is -0.137. The Balaban J connectivity index is 2.58. The van der Waals surface area contributed by atoms with Crippen molar-refractivity contribution in [3.05, 3.63) is 35.9 Å². The highest BCUT2D eigenvalue weighted by molar-refractivity contribution is 5.66. The third kappa shape index (κ3) is 6.14. The topological polar surface area (TPSA) is 70.0 Å². The molecule has 0 saturated heterocycles. The van der Waals surface area contributed by atoms with E-state index in [0.717, 1.165) is 5.56 Å². The summed E-state index contributed by atoms with van der Waals surface area (Å²) < 4.78 is 5.27. The number of benzene rings is 1. The van der Waals surface area contributed by atoms with Crippen LogP contribution in [0.3, 0.4) is 0 Å². The van der Waals surface area contributed by atoms with E-state index in [4.69, 9.17) is 14.9 Å². The number of aliphatic hydroxyl groups is 1. The first-order chi connectivity index (χ1) is 9.65. The molecule has 5 nitrogen and oxygen atoms in total. The molecule has 1 rings (SSSR count). The Labute approximate surface area is 119 Å². The molecule has 0 aliphatic carbocycles. The largest absolute Gasteiger partial charge is 0.481 e. The first-order valence-electron chi connectivity index (χ1n) is 6.84. The molecule has 112 valence electrons. The highest BCUT2D eigenvalue weighted by Gasteiger charge is 2.16. The van der Waals surface area contributed by atoms with Crippen molar-refractivity contribution in [1.29, 1.82) is 0 Å². The van der Waals surface area contributed by atoms with E-state index in [2.05, 4.69) is 11.8 Å². The van der Waals surface area contributed by atoms with E-state index in [-0.39, 0.29) is 19.1 Å². The second-order valence-electron chi connectivity index (χ2n) is 4.60. The van der Waals surface area contributed by atoms with Crippen LogP contribution in [0.15, 0.2) is 30.3 Å². The van der Waals surface area contributed by atoms with Crippen LogP contribution in [0.1, 0.15) is 24.9 Å². The Hall–Kier alpha value is -1.43. The maximum absolute atomic E-state index is 10.7. The molecule has 0 aromatic heterocycles. The molecule has 0 spiro atoms. The predicted molar refractivity (Wildman–Crippen MR) is 76.6 cm³/mol. The Morgan fingerprint density at radius 3 is 2.55 bits per heavy atom. The van der Waals surface area contributed by atoms with Gasteiger partial charge in [0.15, 0.2) is 0 Å². The van der Waals surface area contributed by atoms with Crippen LogP contribution in [-0.4, -0.2) is 54.0 Å². The molecular formula is C15H23NO4. The molecule has 20 heavy (non-hydrogen) atoms. The summed E-state index contributed by atoms with van der Waals surface area (Å²) in [4.78, 5) is 12.8. The number of hydrogen-bond donors (Lipinski definition) is 2. The van der Waals surface area contributed by atoms with E-state index in [1.807, 2.05) is 30.3 Å². The van der Waals surface area contributed by atoms with Crippen molar-refractivity contribution in [2.45, 2.75) is 19.4 Å². The zero-order valence-electron chi connectivity index (χ0n) is 11.9. The average molecular weight is 281 g/mol. The van der Waals surface area contributed by atoms with Crippen LogP contribution in [0, 0.1) is 0 Å². The van der Waals surface area contributed by atoms with Crippen molar-refractivity contribution in [3.8, 4) is 0 Å². The molecule has 0 saturated carbocycles. The van der Waals surface area contributed by atoms with Crippen molar-refractivity contribution in [2.75, 3.05) is 32.9 Å². The van der Waals surface area contributed by atoms with E-state index >= 15 is 0 Å². The summed E-state index contributed by atoms with van der Waals surface area (Å²) in [6.45, 7) is 3.98. The molecule has 1 unspecified atom stereocenters. The van der Waals surface area contributed by atoms with Crippen molar-refractivity contribution in [1.82, 2.24) is 4.90 Å². The second-order valence-corrected chi connectivity index (χ2v) is 4.60. The fourth-order valence-corrected chi connectivity index (χ4v) is 2.03. The summed E-state index contributed by atoms with van der Waals surface area (Å²) in [5.74, 6) is -0.800. The van der Waals surface area contributed by atoms with Gasteiger partial charge in [0.25, 0.3) is 0 Å². The third-order valence-electron chi connectivity index (χ3n) is 3.20. The van der Waals surface area contributed by atoms with Gasteiger partial charge in [-0.15, -0.1) is 0 Å². The molecule has 1 aromatic carbocycles. The number of nitrogens with zero attached hydrogens (tertiary/aromatic N) is 1. The summed E-state index contributed by atoms with van der Waals surface area (Å²) in [6.07, 6.45) is 0.108. The van der Waals surface area contributed by atoms with E-state index in [0.29, 0.717) is 26.3 Å². The first kappa shape index (κ1) is 16.6. The van der Waals surface area contributed by atoms with Crippen LogP contribution in [0.5, 0.6) is 0 Å². The quantitative estimate of drug-likeness (QED) is 0.637. The lowest BCUT2D eigenvalue weighted by atomic mass is 10.1. The number of carboxylic acids is 1. The second kappa shape index (κ2) is 9.47. The predicted octanol–water partition coefficient (Wildman–Crippen LogP) is 1.53. The summed E-state index contributed by atoms with van der Waals surface area (Å²) in [5, 5.41) is 17.5. The molecule has 0 bridgehead atoms. The number of rotatable bonds is 10. The summed E-state index contributed by atoms with van der Waals surface area (Å²) in [5.41, 5.74) is 1.15. The summed E-state index contributed by atoms with van der Waals surface area (Å²) in [7, 11) is 0. The number of ether oxygens (including phenoxy) is 1. The molecule has 0 fully saturated rings. The van der Waals surface area contributed by atoms with Crippen molar-refractivity contribution < 1.29 is 19.7 Å². The Kier molecular flexibility index (Phi) is 7.87. The SMILES string of the molecule is CC(c1ccccc1)N(CCOCCO)CCC(=O)O. The molecule has 1 atom stereocenters. The van der Waals surface area contributed by atoms with Gasteiger partial charge < -0.3 is 14.9 Å². The van der Waals surface area contributed by atoms with Gasteiger partial charge in [-0.25, -0.2) is 0 Å². The molecule has 0 heterocycles. The highest BCUT2D eigenvalue weighted by atomic mass is 16.5. The minimum Gasteiger partial charge on any atom is -0.481 e. The fraction of sp³-hybridized carbons (Fsp3) is 0.533. The molecule has 0 amide bonds. The van der Waals surface area contributed by atoms with Crippen LogP contribution in [0.4, 0.5) is 0 Å². The first-order valence-corrected chi connectivity index (χ1v) is 6.84. The standard InChI is InChI=1S/C15H23NO4/c1-13(14-5-3-2-4-6-14)16(8-7-15(18)19)9-11-20-12-10-17/h2-6,13,17H,7-12H2,1H3,(H,18,19). The number of carbonyl (C=O) groups is 1. The number of aliphatic hydroxyl groups excluding tert-OH is 1. The lowest BCUT2D eigenvalue weighted by Crippen LogP contribution is -2.32. The monoisotopic (exact) mass is 281 g/mol. The van der Waals surface area contributed by atoms with Gasteiger partial charge in [0.2, 0.25) is 0 Å². The third-order valence-corrected chi connectivity index (χ3v) is 3.20. The van der Waals surface area contributed by atoms with Gasteiger partial charge in [-0.2, -0.15) is 0 Å². The van der Waals surface area contributed by atoms with Gasteiger partial charge >= 0.3 is 5.97 Å². The molecule has 0 aliphatic heterocycles. The minimum absolute atomic E-state index is 0.00334. The maximum Gasteiger partial charge on any atom is 0.304 e. The van der Waals surface area contributed by atoms with E-state index in [1.54, 1.807) is 0 Å². The number of aliphatic carboxylic acids is 1. The van der Waals surface area contributed by atoms with Crippen molar-refractivity contribution >= 4 is 5.97 Å². The molecular weight excluding hydrogens is 258 g/mol. The molecule has 2 N–H and O–H groups in total. The Bertz CT molecular complexity index is 383. The summed E-state index contributed by atoms with van der Waals surface area (Å²) >= 11 is 0. The molecule has 0 aliphatic rings. The van der Waals surface area contributed by atoms with E-state index in [9.17, 15) is 4.79 Å². The zero-order chi connectivity index (χ0) is 14.8. The van der Waals surface area contributed by atoms with Gasteiger partial charge in [0.1, 0.15) is 0 Å².